The van der Waals surface area contributed by atoms with Crippen LogP contribution in [-0.2, 0) is 4.74 Å². The zero-order valence-electron chi connectivity index (χ0n) is 14.6. The number of amides is 1. The van der Waals surface area contributed by atoms with Crippen LogP contribution in [0.1, 0.15) is 29.9 Å². The van der Waals surface area contributed by atoms with E-state index in [0.717, 1.165) is 42.8 Å². The average Bonchev–Trinajstić information content (AvgIpc) is 2.98. The van der Waals surface area contributed by atoms with Gasteiger partial charge < -0.3 is 10.1 Å². The zero-order valence-corrected chi connectivity index (χ0v) is 14.6. The molecule has 1 aromatic heterocycles. The minimum atomic E-state index is -0.120. The molecule has 1 aliphatic rings. The summed E-state index contributed by atoms with van der Waals surface area (Å²) in [7, 11) is 0. The predicted octanol–water partition coefficient (Wildman–Crippen LogP) is 1.96. The molecule has 1 unspecified atom stereocenters. The number of morpholine rings is 1. The van der Waals surface area contributed by atoms with Crippen molar-refractivity contribution in [1.29, 1.82) is 0 Å². The summed E-state index contributed by atoms with van der Waals surface area (Å²) in [6.07, 6.45) is 0. The molecule has 1 saturated heterocycles. The number of nitrogens with one attached hydrogen (secondary N) is 2. The second-order valence-electron chi connectivity index (χ2n) is 6.79. The van der Waals surface area contributed by atoms with Crippen molar-refractivity contribution >= 4 is 16.8 Å². The van der Waals surface area contributed by atoms with E-state index in [1.165, 1.54) is 0 Å². The molecule has 2 N–H and O–H groups in total. The minimum absolute atomic E-state index is 0.120. The average molecular weight is 330 g/mol. The molecule has 0 bridgehead atoms. The Labute approximate surface area is 142 Å². The topological polar surface area (TPSA) is 70.2 Å². The molecule has 1 fully saturated rings. The van der Waals surface area contributed by atoms with Crippen molar-refractivity contribution in [3.63, 3.8) is 0 Å². The molecule has 0 spiro atoms. The number of H-pyrrole nitrogens is 1. The van der Waals surface area contributed by atoms with Crippen LogP contribution in [0, 0.1) is 12.8 Å². The highest BCUT2D eigenvalue weighted by molar-refractivity contribution is 6.04. The first-order valence-electron chi connectivity index (χ1n) is 8.61. The Balaban J connectivity index is 1.69. The van der Waals surface area contributed by atoms with Crippen molar-refractivity contribution in [2.45, 2.75) is 26.8 Å². The number of carbonyl (C=O) groups is 1. The maximum Gasteiger partial charge on any atom is 0.272 e. The van der Waals surface area contributed by atoms with E-state index in [-0.39, 0.29) is 5.91 Å². The van der Waals surface area contributed by atoms with E-state index in [2.05, 4.69) is 34.3 Å². The largest absolute Gasteiger partial charge is 0.379 e. The molecule has 3 rings (SSSR count). The molecule has 1 atom stereocenters. The molecule has 2 aromatic rings. The van der Waals surface area contributed by atoms with Gasteiger partial charge in [0.1, 0.15) is 0 Å². The van der Waals surface area contributed by atoms with Gasteiger partial charge in [0.05, 0.1) is 18.7 Å². The third-order valence-electron chi connectivity index (χ3n) is 4.69. The second kappa shape index (κ2) is 7.32. The van der Waals surface area contributed by atoms with Crippen LogP contribution in [0.15, 0.2) is 18.2 Å². The third kappa shape index (κ3) is 3.60. The van der Waals surface area contributed by atoms with Gasteiger partial charge in [0.2, 0.25) is 0 Å². The van der Waals surface area contributed by atoms with E-state index in [1.807, 2.05) is 25.1 Å². The number of aromatic nitrogens is 2. The summed E-state index contributed by atoms with van der Waals surface area (Å²) in [5, 5.41) is 11.1. The van der Waals surface area contributed by atoms with Gasteiger partial charge in [0.25, 0.3) is 5.91 Å². The number of carbonyl (C=O) groups excluding carboxylic acids is 1. The number of aryl methyl sites for hydroxylation is 1. The van der Waals surface area contributed by atoms with Crippen LogP contribution >= 0.6 is 0 Å². The van der Waals surface area contributed by atoms with Gasteiger partial charge in [-0.2, -0.15) is 5.10 Å². The monoisotopic (exact) mass is 330 g/mol. The molecule has 24 heavy (non-hydrogen) atoms. The fourth-order valence-corrected chi connectivity index (χ4v) is 3.28. The SMILES string of the molecule is Cc1ccc2[nH]nc(C(=O)NCC(C(C)C)N3CCOCC3)c2c1. The summed E-state index contributed by atoms with van der Waals surface area (Å²) < 4.78 is 5.43. The van der Waals surface area contributed by atoms with Crippen molar-refractivity contribution in [1.82, 2.24) is 20.4 Å². The molecule has 0 saturated carbocycles. The normalized spacial score (nSPS) is 17.3. The molecule has 6 nitrogen and oxygen atoms in total. The molecule has 1 aliphatic heterocycles. The lowest BCUT2D eigenvalue weighted by Gasteiger charge is -2.36. The number of benzene rings is 1. The van der Waals surface area contributed by atoms with Crippen LogP contribution in [0.25, 0.3) is 10.9 Å². The molecule has 0 radical (unpaired) electrons. The summed E-state index contributed by atoms with van der Waals surface area (Å²) in [4.78, 5) is 15.0. The number of hydrogen-bond acceptors (Lipinski definition) is 4. The number of aromatic amines is 1. The van der Waals surface area contributed by atoms with Crippen molar-refractivity contribution in [2.75, 3.05) is 32.8 Å². The summed E-state index contributed by atoms with van der Waals surface area (Å²) in [6, 6.07) is 6.27. The molecule has 1 amide bonds. The Morgan fingerprint density at radius 1 is 1.38 bits per heavy atom. The number of hydrogen-bond donors (Lipinski definition) is 2. The molecule has 2 heterocycles. The maximum absolute atomic E-state index is 12.6. The van der Waals surface area contributed by atoms with E-state index in [9.17, 15) is 4.79 Å². The predicted molar refractivity (Wildman–Crippen MR) is 94.2 cm³/mol. The molecule has 6 heteroatoms. The van der Waals surface area contributed by atoms with Gasteiger partial charge in [-0.05, 0) is 25.0 Å². The highest BCUT2D eigenvalue weighted by Crippen LogP contribution is 2.18. The number of nitrogens with zero attached hydrogens (tertiary/aromatic N) is 2. The third-order valence-corrected chi connectivity index (χ3v) is 4.69. The van der Waals surface area contributed by atoms with Gasteiger partial charge in [-0.3, -0.25) is 14.8 Å². The van der Waals surface area contributed by atoms with Crippen LogP contribution in [0.3, 0.4) is 0 Å². The van der Waals surface area contributed by atoms with Gasteiger partial charge in [0, 0.05) is 31.1 Å². The van der Waals surface area contributed by atoms with Crippen LogP contribution in [0.4, 0.5) is 0 Å². The van der Waals surface area contributed by atoms with E-state index in [0.29, 0.717) is 24.2 Å². The minimum Gasteiger partial charge on any atom is -0.379 e. The molecule has 0 aliphatic carbocycles. The molecular formula is C18H26N4O2. The molecule has 1 aromatic carbocycles. The van der Waals surface area contributed by atoms with E-state index in [1.54, 1.807) is 0 Å². The fourth-order valence-electron chi connectivity index (χ4n) is 3.28. The first-order chi connectivity index (χ1) is 11.6. The van der Waals surface area contributed by atoms with Gasteiger partial charge in [-0.15, -0.1) is 0 Å². The van der Waals surface area contributed by atoms with Crippen LogP contribution < -0.4 is 5.32 Å². The van der Waals surface area contributed by atoms with E-state index >= 15 is 0 Å². The Morgan fingerprint density at radius 3 is 2.83 bits per heavy atom. The van der Waals surface area contributed by atoms with E-state index in [4.69, 9.17) is 4.74 Å². The Kier molecular flexibility index (Phi) is 5.16. The zero-order chi connectivity index (χ0) is 17.1. The number of ether oxygens (including phenoxy) is 1. The van der Waals surface area contributed by atoms with Crippen molar-refractivity contribution in [3.05, 3.63) is 29.5 Å². The second-order valence-corrected chi connectivity index (χ2v) is 6.79. The Hall–Kier alpha value is -1.92. The Morgan fingerprint density at radius 2 is 2.12 bits per heavy atom. The van der Waals surface area contributed by atoms with Gasteiger partial charge >= 0.3 is 0 Å². The van der Waals surface area contributed by atoms with E-state index < -0.39 is 0 Å². The summed E-state index contributed by atoms with van der Waals surface area (Å²) >= 11 is 0. The van der Waals surface area contributed by atoms with Crippen LogP contribution in [0.2, 0.25) is 0 Å². The fraction of sp³-hybridized carbons (Fsp3) is 0.556. The highest BCUT2D eigenvalue weighted by Gasteiger charge is 2.25. The molecular weight excluding hydrogens is 304 g/mol. The lowest BCUT2D eigenvalue weighted by molar-refractivity contribution is 0.00672. The van der Waals surface area contributed by atoms with Gasteiger partial charge in [0.15, 0.2) is 5.69 Å². The lowest BCUT2D eigenvalue weighted by atomic mass is 10.0. The number of rotatable bonds is 5. The maximum atomic E-state index is 12.6. The summed E-state index contributed by atoms with van der Waals surface area (Å²) in [5.41, 5.74) is 2.48. The first-order valence-corrected chi connectivity index (χ1v) is 8.61. The van der Waals surface area contributed by atoms with Crippen molar-refractivity contribution in [3.8, 4) is 0 Å². The Bertz CT molecular complexity index is 704. The quantitative estimate of drug-likeness (QED) is 0.879. The highest BCUT2D eigenvalue weighted by atomic mass is 16.5. The van der Waals surface area contributed by atoms with Crippen molar-refractivity contribution < 1.29 is 9.53 Å². The summed E-state index contributed by atoms with van der Waals surface area (Å²) in [6.45, 7) is 10.4. The van der Waals surface area contributed by atoms with Gasteiger partial charge in [-0.1, -0.05) is 25.5 Å². The summed E-state index contributed by atoms with van der Waals surface area (Å²) in [5.74, 6) is 0.340. The first kappa shape index (κ1) is 16.9. The van der Waals surface area contributed by atoms with Crippen molar-refractivity contribution in [2.24, 2.45) is 5.92 Å². The standard InChI is InChI=1S/C18H26N4O2/c1-12(2)16(22-6-8-24-9-7-22)11-19-18(23)17-14-10-13(3)4-5-15(14)20-21-17/h4-5,10,12,16H,6-9,11H2,1-3H3,(H,19,23)(H,20,21). The van der Waals surface area contributed by atoms with Crippen LogP contribution in [-0.4, -0.2) is 59.9 Å². The van der Waals surface area contributed by atoms with Crippen LogP contribution in [0.5, 0.6) is 0 Å². The number of fused-ring (bicyclic) bond motifs is 1. The lowest BCUT2D eigenvalue weighted by Crippen LogP contribution is -2.51. The smallest absolute Gasteiger partial charge is 0.272 e. The van der Waals surface area contributed by atoms with Gasteiger partial charge in [-0.25, -0.2) is 0 Å². The molecule has 130 valence electrons.